The van der Waals surface area contributed by atoms with E-state index in [2.05, 4.69) is 28.2 Å². The molecule has 2 aliphatic rings. The molecule has 8 nitrogen and oxygen atoms in total. The molecule has 2 aromatic heterocycles. The van der Waals surface area contributed by atoms with Gasteiger partial charge in [0.25, 0.3) is 0 Å². The number of anilines is 3. The largest absolute Gasteiger partial charge is 0.384 e. The fourth-order valence-corrected chi connectivity index (χ4v) is 4.81. The van der Waals surface area contributed by atoms with E-state index in [9.17, 15) is 10.1 Å². The van der Waals surface area contributed by atoms with Crippen molar-refractivity contribution in [3.8, 4) is 6.07 Å². The summed E-state index contributed by atoms with van der Waals surface area (Å²) in [5.41, 5.74) is 4.30. The van der Waals surface area contributed by atoms with Crippen LogP contribution in [-0.2, 0) is 9.53 Å². The average Bonchev–Trinajstić information content (AvgIpc) is 3.72. The lowest BCUT2D eigenvalue weighted by atomic mass is 10.1. The number of ether oxygens (including phenoxy) is 1. The number of nitrogens with one attached hydrogen (secondary N) is 1. The van der Waals surface area contributed by atoms with Crippen molar-refractivity contribution in [3.05, 3.63) is 53.9 Å². The van der Waals surface area contributed by atoms with Crippen LogP contribution >= 0.6 is 0 Å². The smallest absolute Gasteiger partial charge is 0.225 e. The number of methoxy groups -OCH3 is 1. The third-order valence-electron chi connectivity index (χ3n) is 6.80. The number of hydrogen-bond acceptors (Lipinski definition) is 7. The van der Waals surface area contributed by atoms with E-state index in [1.807, 2.05) is 41.3 Å². The van der Waals surface area contributed by atoms with Crippen molar-refractivity contribution < 1.29 is 9.53 Å². The number of nitrogens with zero attached hydrogens (tertiary/aromatic N) is 5. The molecule has 1 aromatic carbocycles. The van der Waals surface area contributed by atoms with E-state index in [0.29, 0.717) is 44.1 Å². The monoisotopic (exact) mass is 470 g/mol. The Kier molecular flexibility index (Phi) is 6.51. The summed E-state index contributed by atoms with van der Waals surface area (Å²) in [4.78, 5) is 26.1. The van der Waals surface area contributed by atoms with Crippen LogP contribution in [0.15, 0.2) is 42.6 Å². The minimum atomic E-state index is 0.0341. The van der Waals surface area contributed by atoms with Gasteiger partial charge in [-0.2, -0.15) is 5.26 Å². The van der Waals surface area contributed by atoms with Crippen molar-refractivity contribution in [1.82, 2.24) is 14.9 Å². The Morgan fingerprint density at radius 2 is 2.06 bits per heavy atom. The number of nitriles is 1. The quantitative estimate of drug-likeness (QED) is 0.553. The summed E-state index contributed by atoms with van der Waals surface area (Å²) >= 11 is 0. The summed E-state index contributed by atoms with van der Waals surface area (Å²) in [6.45, 7) is 4.38. The van der Waals surface area contributed by atoms with Crippen LogP contribution in [0.3, 0.4) is 0 Å². The minimum absolute atomic E-state index is 0.0341. The van der Waals surface area contributed by atoms with Gasteiger partial charge in [-0.25, -0.2) is 4.98 Å². The summed E-state index contributed by atoms with van der Waals surface area (Å²) in [6, 6.07) is 14.3. The maximum atomic E-state index is 12.5. The molecule has 180 valence electrons. The highest BCUT2D eigenvalue weighted by atomic mass is 16.5. The SMILES string of the molecule is COCCC(=O)N1CCN(c2nc(C3CC3)c(Nc3ccnc4ccccc34)cc2C#N)CC1C. The Balaban J connectivity index is 1.43. The van der Waals surface area contributed by atoms with Gasteiger partial charge in [0.15, 0.2) is 0 Å². The van der Waals surface area contributed by atoms with E-state index in [1.165, 1.54) is 0 Å². The van der Waals surface area contributed by atoms with Gasteiger partial charge in [-0.3, -0.25) is 9.78 Å². The Hall–Kier alpha value is -3.70. The molecule has 0 bridgehead atoms. The highest BCUT2D eigenvalue weighted by Gasteiger charge is 2.33. The maximum absolute atomic E-state index is 12.5. The lowest BCUT2D eigenvalue weighted by Gasteiger charge is -2.41. The predicted molar refractivity (Wildman–Crippen MR) is 136 cm³/mol. The second-order valence-corrected chi connectivity index (χ2v) is 9.30. The highest BCUT2D eigenvalue weighted by molar-refractivity contribution is 5.93. The number of aromatic nitrogens is 2. The van der Waals surface area contributed by atoms with Gasteiger partial charge in [0.2, 0.25) is 5.91 Å². The molecule has 3 heterocycles. The molecule has 1 saturated heterocycles. The number of pyridine rings is 2. The molecule has 1 atom stereocenters. The number of carbonyl (C=O) groups excluding carboxylic acids is 1. The fourth-order valence-electron chi connectivity index (χ4n) is 4.81. The zero-order valence-corrected chi connectivity index (χ0v) is 20.2. The van der Waals surface area contributed by atoms with Crippen LogP contribution in [0.5, 0.6) is 0 Å². The van der Waals surface area contributed by atoms with Crippen molar-refractivity contribution in [2.45, 2.75) is 38.1 Å². The molecular formula is C27H30N6O2. The molecule has 0 radical (unpaired) electrons. The number of rotatable bonds is 7. The molecule has 1 N–H and O–H groups in total. The van der Waals surface area contributed by atoms with Crippen LogP contribution in [-0.4, -0.2) is 60.2 Å². The van der Waals surface area contributed by atoms with E-state index in [1.54, 1.807) is 13.3 Å². The first-order valence-corrected chi connectivity index (χ1v) is 12.2. The average molecular weight is 471 g/mol. The lowest BCUT2D eigenvalue weighted by Crippen LogP contribution is -2.54. The van der Waals surface area contributed by atoms with E-state index >= 15 is 0 Å². The zero-order valence-electron chi connectivity index (χ0n) is 20.2. The molecule has 35 heavy (non-hydrogen) atoms. The number of hydrogen-bond donors (Lipinski definition) is 1. The van der Waals surface area contributed by atoms with Gasteiger partial charge in [0.05, 0.1) is 35.5 Å². The number of fused-ring (bicyclic) bond motifs is 1. The van der Waals surface area contributed by atoms with E-state index in [-0.39, 0.29) is 11.9 Å². The van der Waals surface area contributed by atoms with Gasteiger partial charge in [-0.1, -0.05) is 18.2 Å². The first-order chi connectivity index (χ1) is 17.1. The van der Waals surface area contributed by atoms with Crippen molar-refractivity contribution >= 4 is 34.0 Å². The van der Waals surface area contributed by atoms with Gasteiger partial charge in [-0.05, 0) is 38.0 Å². The van der Waals surface area contributed by atoms with Crippen molar-refractivity contribution in [2.24, 2.45) is 0 Å². The first kappa shape index (κ1) is 23.1. The molecule has 1 saturated carbocycles. The normalized spacial score (nSPS) is 17.9. The molecule has 1 amide bonds. The second kappa shape index (κ2) is 9.88. The van der Waals surface area contributed by atoms with E-state index in [0.717, 1.165) is 46.6 Å². The highest BCUT2D eigenvalue weighted by Crippen LogP contribution is 2.45. The summed E-state index contributed by atoms with van der Waals surface area (Å²) in [6.07, 6.45) is 4.38. The second-order valence-electron chi connectivity index (χ2n) is 9.30. The van der Waals surface area contributed by atoms with Gasteiger partial charge in [-0.15, -0.1) is 0 Å². The molecule has 1 aliphatic carbocycles. The number of amides is 1. The third kappa shape index (κ3) is 4.77. The molecular weight excluding hydrogens is 440 g/mol. The summed E-state index contributed by atoms with van der Waals surface area (Å²) in [5, 5.41) is 14.6. The Morgan fingerprint density at radius 1 is 1.23 bits per heavy atom. The summed E-state index contributed by atoms with van der Waals surface area (Å²) < 4.78 is 5.06. The van der Waals surface area contributed by atoms with Crippen LogP contribution in [0.2, 0.25) is 0 Å². The van der Waals surface area contributed by atoms with Gasteiger partial charge in [0.1, 0.15) is 11.9 Å². The Morgan fingerprint density at radius 3 is 2.80 bits per heavy atom. The van der Waals surface area contributed by atoms with Crippen LogP contribution in [0.4, 0.5) is 17.2 Å². The number of carbonyl (C=O) groups is 1. The molecule has 0 spiro atoms. The summed E-state index contributed by atoms with van der Waals surface area (Å²) in [7, 11) is 1.61. The molecule has 5 rings (SSSR count). The molecule has 1 aliphatic heterocycles. The molecule has 1 unspecified atom stereocenters. The van der Waals surface area contributed by atoms with E-state index in [4.69, 9.17) is 9.72 Å². The Bertz CT molecular complexity index is 1280. The standard InChI is InChI=1S/C27H30N6O2/c1-18-17-32(12-13-33(18)25(34)10-14-35-2)27-20(16-28)15-24(26(31-27)19-7-8-19)30-23-9-11-29-22-6-4-3-5-21(22)23/h3-6,9,11,15,18-19H,7-8,10,12-14,17H2,1-2H3,(H,29,30). The first-order valence-electron chi connectivity index (χ1n) is 12.2. The van der Waals surface area contributed by atoms with Crippen LogP contribution in [0.25, 0.3) is 10.9 Å². The minimum Gasteiger partial charge on any atom is -0.384 e. The van der Waals surface area contributed by atoms with Crippen molar-refractivity contribution in [1.29, 1.82) is 5.26 Å². The maximum Gasteiger partial charge on any atom is 0.225 e. The number of benzene rings is 1. The topological polar surface area (TPSA) is 94.4 Å². The van der Waals surface area contributed by atoms with Crippen LogP contribution in [0, 0.1) is 11.3 Å². The van der Waals surface area contributed by atoms with Gasteiger partial charge in [0, 0.05) is 56.0 Å². The lowest BCUT2D eigenvalue weighted by molar-refractivity contribution is -0.134. The van der Waals surface area contributed by atoms with Crippen LogP contribution < -0.4 is 10.2 Å². The third-order valence-corrected chi connectivity index (χ3v) is 6.80. The predicted octanol–water partition coefficient (Wildman–Crippen LogP) is 4.20. The van der Waals surface area contributed by atoms with Crippen molar-refractivity contribution in [3.63, 3.8) is 0 Å². The molecule has 2 fully saturated rings. The van der Waals surface area contributed by atoms with Gasteiger partial charge >= 0.3 is 0 Å². The van der Waals surface area contributed by atoms with Gasteiger partial charge < -0.3 is 19.9 Å². The summed E-state index contributed by atoms with van der Waals surface area (Å²) in [5.74, 6) is 1.22. The Labute approximate surface area is 205 Å². The number of para-hydroxylation sites is 1. The zero-order chi connectivity index (χ0) is 24.4. The number of piperazine rings is 1. The fraction of sp³-hybridized carbons (Fsp3) is 0.407. The van der Waals surface area contributed by atoms with Crippen molar-refractivity contribution in [2.75, 3.05) is 43.6 Å². The van der Waals surface area contributed by atoms with Crippen LogP contribution in [0.1, 0.15) is 43.4 Å². The van der Waals surface area contributed by atoms with E-state index < -0.39 is 0 Å². The molecule has 3 aromatic rings. The molecule has 8 heteroatoms.